The van der Waals surface area contributed by atoms with Crippen molar-refractivity contribution in [2.75, 3.05) is 27.2 Å². The van der Waals surface area contributed by atoms with E-state index >= 15 is 0 Å². The van der Waals surface area contributed by atoms with Crippen LogP contribution in [0.4, 0.5) is 43.9 Å². The van der Waals surface area contributed by atoms with Crippen LogP contribution in [0.15, 0.2) is 0 Å². The van der Waals surface area contributed by atoms with Crippen LogP contribution in [0.25, 0.3) is 0 Å². The number of hydrogen-bond acceptors (Lipinski definition) is 4. The maximum Gasteiger partial charge on any atom is 0.439 e. The van der Waals surface area contributed by atoms with Gasteiger partial charge >= 0.3 is 36.3 Å². The molecule has 0 bridgehead atoms. The van der Waals surface area contributed by atoms with E-state index in [-0.39, 0.29) is 13.0 Å². The minimum Gasteiger partial charge on any atom is -0.350 e. The molecule has 1 heterocycles. The summed E-state index contributed by atoms with van der Waals surface area (Å²) < 4.78 is 135. The lowest BCUT2D eigenvalue weighted by Gasteiger charge is -2.48. The molecule has 0 radical (unpaired) electrons. The number of hydrogen-bond donors (Lipinski definition) is 1. The smallest absolute Gasteiger partial charge is 0.350 e. The Bertz CT molecular complexity index is 514. The lowest BCUT2D eigenvalue weighted by Crippen LogP contribution is -2.79. The molecule has 1 rings (SSSR count). The number of amides is 1. The maximum atomic E-state index is 13.8. The molecule has 0 saturated carbocycles. The molecule has 0 atom stereocenters. The van der Waals surface area contributed by atoms with Crippen LogP contribution in [0.2, 0.25) is 0 Å². The van der Waals surface area contributed by atoms with Gasteiger partial charge in [0.2, 0.25) is 0 Å². The predicted molar refractivity (Wildman–Crippen MR) is 63.8 cm³/mol. The summed E-state index contributed by atoms with van der Waals surface area (Å²) in [6.45, 7) is -0.466. The van der Waals surface area contributed by atoms with Gasteiger partial charge in [0.05, 0.1) is 0 Å². The highest BCUT2D eigenvalue weighted by atomic mass is 19.4. The number of morpholine rings is 1. The highest BCUT2D eigenvalue weighted by molar-refractivity contribution is 5.83. The summed E-state index contributed by atoms with van der Waals surface area (Å²) in [5, 5.41) is 1.25. The Balaban J connectivity index is 3.18. The van der Waals surface area contributed by atoms with Crippen LogP contribution in [0.3, 0.4) is 0 Å². The molecule has 26 heavy (non-hydrogen) atoms. The van der Waals surface area contributed by atoms with Gasteiger partial charge in [0.15, 0.2) is 0 Å². The van der Waals surface area contributed by atoms with E-state index in [4.69, 9.17) is 0 Å². The zero-order valence-corrected chi connectivity index (χ0v) is 13.1. The summed E-state index contributed by atoms with van der Waals surface area (Å²) >= 11 is 0. The quantitative estimate of drug-likeness (QED) is 0.416. The van der Waals surface area contributed by atoms with Crippen LogP contribution in [0.1, 0.15) is 6.42 Å². The van der Waals surface area contributed by atoms with E-state index in [2.05, 4.69) is 0 Å². The summed E-state index contributed by atoms with van der Waals surface area (Å²) in [6, 6.07) is -19.4. The molecule has 15 heteroatoms. The first-order chi connectivity index (χ1) is 11.4. The second kappa shape index (κ2) is 6.67. The van der Waals surface area contributed by atoms with Gasteiger partial charge in [-0.25, -0.2) is 4.74 Å². The van der Waals surface area contributed by atoms with Crippen molar-refractivity contribution >= 4 is 5.91 Å². The van der Waals surface area contributed by atoms with E-state index in [1.54, 1.807) is 0 Å². The van der Waals surface area contributed by atoms with Crippen molar-refractivity contribution in [1.29, 1.82) is 0 Å². The van der Waals surface area contributed by atoms with Gasteiger partial charge in [0.1, 0.15) is 0 Å². The first-order valence-corrected chi connectivity index (χ1v) is 6.74. The summed E-state index contributed by atoms with van der Waals surface area (Å²) in [6.07, 6.45) is -12.9. The van der Waals surface area contributed by atoms with E-state index in [0.717, 1.165) is 0 Å². The molecule has 0 aromatic heterocycles. The van der Waals surface area contributed by atoms with Crippen LogP contribution in [0, 0.1) is 0 Å². The highest BCUT2D eigenvalue weighted by Gasteiger charge is 2.87. The second-order valence-corrected chi connectivity index (χ2v) is 5.51. The number of nitrogens with zero attached hydrogens (tertiary/aromatic N) is 2. The Kier molecular flexibility index (Phi) is 5.82. The van der Waals surface area contributed by atoms with Crippen LogP contribution in [-0.4, -0.2) is 73.2 Å². The van der Waals surface area contributed by atoms with Gasteiger partial charge in [0.25, 0.3) is 0 Å². The monoisotopic (exact) mass is 409 g/mol. The van der Waals surface area contributed by atoms with Crippen molar-refractivity contribution in [3.63, 3.8) is 0 Å². The Hall–Kier alpha value is -1.35. The lowest BCUT2D eigenvalue weighted by atomic mass is 10.2. The van der Waals surface area contributed by atoms with Gasteiger partial charge in [-0.2, -0.15) is 43.9 Å². The van der Waals surface area contributed by atoms with Gasteiger partial charge in [-0.15, -0.1) is 0 Å². The average Bonchev–Trinajstić information content (AvgIpc) is 2.39. The molecule has 1 aliphatic heterocycles. The zero-order valence-electron chi connectivity index (χ0n) is 13.1. The van der Waals surface area contributed by atoms with E-state index in [0.29, 0.717) is 0 Å². The normalized spacial score (nSPS) is 24.5. The number of ether oxygens (including phenoxy) is 1. The van der Waals surface area contributed by atoms with Crippen molar-refractivity contribution in [2.45, 2.75) is 36.8 Å². The second-order valence-electron chi connectivity index (χ2n) is 5.51. The van der Waals surface area contributed by atoms with Crippen molar-refractivity contribution in [1.82, 2.24) is 15.1 Å². The summed E-state index contributed by atoms with van der Waals surface area (Å²) in [4.78, 5) is 9.68. The molecule has 0 aromatic rings. The van der Waals surface area contributed by atoms with E-state index in [1.807, 2.05) is 4.74 Å². The molecule has 154 valence electrons. The summed E-state index contributed by atoms with van der Waals surface area (Å²) in [5.74, 6) is -2.89. The molecule has 0 unspecified atom stereocenters. The molecule has 1 saturated heterocycles. The van der Waals surface area contributed by atoms with Crippen LogP contribution in [-0.2, 0) is 9.53 Å². The van der Waals surface area contributed by atoms with Crippen LogP contribution in [0.5, 0.6) is 0 Å². The molecular weight excluding hydrogens is 396 g/mol. The number of alkyl halides is 10. The number of rotatable bonds is 6. The van der Waals surface area contributed by atoms with Crippen LogP contribution >= 0.6 is 0 Å². The molecular formula is C11H13F10N3O2. The first kappa shape index (κ1) is 22.7. The predicted octanol–water partition coefficient (Wildman–Crippen LogP) is 2.35. The van der Waals surface area contributed by atoms with Gasteiger partial charge < -0.3 is 10.2 Å². The Labute approximate surface area is 139 Å². The Morgan fingerprint density at radius 3 is 1.81 bits per heavy atom. The van der Waals surface area contributed by atoms with Gasteiger partial charge in [0, 0.05) is 6.54 Å². The minimum atomic E-state index is -6.64. The molecule has 5 nitrogen and oxygen atoms in total. The summed E-state index contributed by atoms with van der Waals surface area (Å²) in [7, 11) is 3.07. The first-order valence-electron chi connectivity index (χ1n) is 6.74. The molecule has 0 spiro atoms. The third kappa shape index (κ3) is 3.69. The molecule has 1 amide bonds. The largest absolute Gasteiger partial charge is 0.439 e. The van der Waals surface area contributed by atoms with Gasteiger partial charge in [-0.1, -0.05) is 4.90 Å². The average molecular weight is 409 g/mol. The number of halogens is 10. The Morgan fingerprint density at radius 1 is 1.00 bits per heavy atom. The fourth-order valence-electron chi connectivity index (χ4n) is 1.88. The maximum absolute atomic E-state index is 13.8. The molecule has 1 fully saturated rings. The molecule has 0 aromatic carbocycles. The zero-order chi connectivity index (χ0) is 20.8. The van der Waals surface area contributed by atoms with Crippen molar-refractivity contribution in [2.24, 2.45) is 0 Å². The van der Waals surface area contributed by atoms with Crippen LogP contribution < -0.4 is 5.32 Å². The van der Waals surface area contributed by atoms with Gasteiger partial charge in [-0.3, -0.25) is 4.79 Å². The Morgan fingerprint density at radius 2 is 1.42 bits per heavy atom. The lowest BCUT2D eigenvalue weighted by molar-refractivity contribution is -0.581. The highest BCUT2D eigenvalue weighted by Crippen LogP contribution is 2.58. The topological polar surface area (TPSA) is 44.8 Å². The SMILES string of the molecule is CN(C)CCCNC(=O)C(F)(F)N1C(F)(F)C(F)(F)OC(F)(F)C1(F)F. The van der Waals surface area contributed by atoms with Crippen molar-refractivity contribution in [3.8, 4) is 0 Å². The van der Waals surface area contributed by atoms with Crippen molar-refractivity contribution in [3.05, 3.63) is 0 Å². The van der Waals surface area contributed by atoms with E-state index in [1.165, 1.54) is 24.3 Å². The number of carbonyl (C=O) groups excluding carboxylic acids is 1. The third-order valence-corrected chi connectivity index (χ3v) is 3.14. The van der Waals surface area contributed by atoms with E-state index < -0.39 is 47.7 Å². The molecule has 0 aliphatic carbocycles. The molecule has 1 aliphatic rings. The summed E-state index contributed by atoms with van der Waals surface area (Å²) in [5.41, 5.74) is 0. The number of nitrogens with one attached hydrogen (secondary N) is 1. The fourth-order valence-corrected chi connectivity index (χ4v) is 1.88. The number of carbonyl (C=O) groups is 1. The standard InChI is InChI=1S/C11H13F10N3O2/c1-23(2)5-3-4-22-6(25)7(12,13)24-8(14,15)10(18,19)26-11(20,21)9(24,16)17/h3-5H2,1-2H3,(H,22,25). The van der Waals surface area contributed by atoms with Crippen molar-refractivity contribution < 1.29 is 53.4 Å². The van der Waals surface area contributed by atoms with E-state index in [9.17, 15) is 48.7 Å². The third-order valence-electron chi connectivity index (χ3n) is 3.14. The van der Waals surface area contributed by atoms with Gasteiger partial charge in [-0.05, 0) is 27.1 Å². The minimum absolute atomic E-state index is 0.0585. The molecule has 1 N–H and O–H groups in total. The fraction of sp³-hybridized carbons (Fsp3) is 0.909.